The average Bonchev–Trinajstić information content (AvgIpc) is 2.94. The van der Waals surface area contributed by atoms with E-state index in [4.69, 9.17) is 4.74 Å². The molecular weight excluding hydrogens is 507 g/mol. The van der Waals surface area contributed by atoms with E-state index >= 15 is 0 Å². The molecule has 2 saturated heterocycles. The summed E-state index contributed by atoms with van der Waals surface area (Å²) in [7, 11) is 0. The first-order valence-corrected chi connectivity index (χ1v) is 13.4. The number of benzene rings is 2. The van der Waals surface area contributed by atoms with Gasteiger partial charge in [0.1, 0.15) is 0 Å². The van der Waals surface area contributed by atoms with E-state index in [2.05, 4.69) is 32.5 Å². The molecule has 1 N–H and O–H groups in total. The van der Waals surface area contributed by atoms with Crippen LogP contribution in [0.5, 0.6) is 0 Å². The molecule has 0 aliphatic carbocycles. The van der Waals surface area contributed by atoms with Crippen LogP contribution in [0.2, 0.25) is 0 Å². The molecular formula is C29H34F3N5O2. The second-order valence-corrected chi connectivity index (χ2v) is 10.4. The van der Waals surface area contributed by atoms with Crippen LogP contribution in [0.3, 0.4) is 0 Å². The van der Waals surface area contributed by atoms with Crippen LogP contribution in [0.15, 0.2) is 36.4 Å². The molecule has 7 nitrogen and oxygen atoms in total. The standard InChI is InChI=1S/C29H34F3N5O2/c1-18-23(5-4-6-26(18)29(30,31)32)19(2)33-27-25-17-22(7-8-24(25)20(3)34-35-27)36-11-13-37(14-12-36)28(38)21-9-15-39-16-10-21/h4-8,17,19,21H,9-16H2,1-3H3,(H,33,35)/t19-/m1/s1. The Labute approximate surface area is 226 Å². The van der Waals surface area contributed by atoms with Crippen molar-refractivity contribution in [1.82, 2.24) is 15.1 Å². The van der Waals surface area contributed by atoms with Gasteiger partial charge in [-0.15, -0.1) is 5.10 Å². The minimum atomic E-state index is -4.41. The number of nitrogens with one attached hydrogen (secondary N) is 1. The molecule has 2 fully saturated rings. The fourth-order valence-corrected chi connectivity index (χ4v) is 5.68. The summed E-state index contributed by atoms with van der Waals surface area (Å²) in [6.07, 6.45) is -2.83. The Morgan fingerprint density at radius 2 is 1.74 bits per heavy atom. The zero-order valence-corrected chi connectivity index (χ0v) is 22.5. The van der Waals surface area contributed by atoms with Crippen molar-refractivity contribution in [3.05, 3.63) is 58.8 Å². The summed E-state index contributed by atoms with van der Waals surface area (Å²) in [6, 6.07) is 9.95. The highest BCUT2D eigenvalue weighted by Gasteiger charge is 2.33. The first-order valence-electron chi connectivity index (χ1n) is 13.4. The highest BCUT2D eigenvalue weighted by atomic mass is 19.4. The Balaban J connectivity index is 1.35. The van der Waals surface area contributed by atoms with Crippen molar-refractivity contribution in [2.24, 2.45) is 5.92 Å². The first kappa shape index (κ1) is 27.2. The van der Waals surface area contributed by atoms with Crippen molar-refractivity contribution >= 4 is 28.2 Å². The van der Waals surface area contributed by atoms with Gasteiger partial charge in [-0.05, 0) is 62.9 Å². The normalized spacial score (nSPS) is 17.9. The Morgan fingerprint density at radius 3 is 2.44 bits per heavy atom. The van der Waals surface area contributed by atoms with Gasteiger partial charge < -0.3 is 19.9 Å². The van der Waals surface area contributed by atoms with Crippen LogP contribution in [0.25, 0.3) is 10.8 Å². The number of fused-ring (bicyclic) bond motifs is 1. The zero-order valence-electron chi connectivity index (χ0n) is 22.5. The van der Waals surface area contributed by atoms with Crippen LogP contribution >= 0.6 is 0 Å². The number of hydrogen-bond acceptors (Lipinski definition) is 6. The van der Waals surface area contributed by atoms with Gasteiger partial charge in [0.2, 0.25) is 5.91 Å². The predicted molar refractivity (Wildman–Crippen MR) is 145 cm³/mol. The smallest absolute Gasteiger partial charge is 0.381 e. The number of carbonyl (C=O) groups excluding carboxylic acids is 1. The number of hydrogen-bond donors (Lipinski definition) is 1. The van der Waals surface area contributed by atoms with Crippen molar-refractivity contribution in [3.8, 4) is 0 Å². The zero-order chi connectivity index (χ0) is 27.7. The van der Waals surface area contributed by atoms with E-state index in [1.807, 2.05) is 24.8 Å². The number of aromatic nitrogens is 2. The van der Waals surface area contributed by atoms with Gasteiger partial charge in [0.15, 0.2) is 5.82 Å². The Morgan fingerprint density at radius 1 is 1.03 bits per heavy atom. The van der Waals surface area contributed by atoms with Crippen LogP contribution in [0.1, 0.15) is 48.2 Å². The number of aryl methyl sites for hydroxylation is 1. The lowest BCUT2D eigenvalue weighted by Crippen LogP contribution is -2.51. The van der Waals surface area contributed by atoms with Crippen molar-refractivity contribution in [3.63, 3.8) is 0 Å². The van der Waals surface area contributed by atoms with Crippen molar-refractivity contribution in [2.75, 3.05) is 49.6 Å². The Hall–Kier alpha value is -3.40. The van der Waals surface area contributed by atoms with Crippen LogP contribution < -0.4 is 10.2 Å². The second-order valence-electron chi connectivity index (χ2n) is 10.4. The third-order valence-electron chi connectivity index (χ3n) is 7.98. The number of carbonyl (C=O) groups is 1. The number of nitrogens with zero attached hydrogens (tertiary/aromatic N) is 4. The maximum atomic E-state index is 13.5. The van der Waals surface area contributed by atoms with Gasteiger partial charge in [-0.1, -0.05) is 18.2 Å². The Bertz CT molecular complexity index is 1350. The summed E-state index contributed by atoms with van der Waals surface area (Å²) in [6.45, 7) is 9.29. The third-order valence-corrected chi connectivity index (χ3v) is 7.98. The fourth-order valence-electron chi connectivity index (χ4n) is 5.68. The van der Waals surface area contributed by atoms with E-state index in [9.17, 15) is 18.0 Å². The van der Waals surface area contributed by atoms with E-state index in [-0.39, 0.29) is 17.4 Å². The summed E-state index contributed by atoms with van der Waals surface area (Å²) in [5, 5.41) is 13.8. The Kier molecular flexibility index (Phi) is 7.66. The molecule has 10 heteroatoms. The molecule has 0 unspecified atom stereocenters. The molecule has 0 saturated carbocycles. The molecule has 208 valence electrons. The van der Waals surface area contributed by atoms with E-state index in [1.54, 1.807) is 6.07 Å². The molecule has 0 radical (unpaired) electrons. The molecule has 2 aliphatic rings. The van der Waals surface area contributed by atoms with Gasteiger partial charge in [0.25, 0.3) is 0 Å². The lowest BCUT2D eigenvalue weighted by atomic mass is 9.97. The molecule has 1 atom stereocenters. The highest BCUT2D eigenvalue weighted by Crippen LogP contribution is 2.36. The fraction of sp³-hybridized carbons (Fsp3) is 0.483. The maximum absolute atomic E-state index is 13.5. The molecule has 5 rings (SSSR count). The largest absolute Gasteiger partial charge is 0.416 e. The second kappa shape index (κ2) is 11.0. The minimum absolute atomic E-state index is 0.0589. The van der Waals surface area contributed by atoms with E-state index in [0.717, 1.165) is 54.2 Å². The number of piperazine rings is 1. The summed E-state index contributed by atoms with van der Waals surface area (Å²) in [5.74, 6) is 0.811. The number of anilines is 2. The molecule has 3 heterocycles. The first-order chi connectivity index (χ1) is 18.6. The number of alkyl halides is 3. The molecule has 39 heavy (non-hydrogen) atoms. The molecule has 2 aliphatic heterocycles. The quantitative estimate of drug-likeness (QED) is 0.459. The van der Waals surface area contributed by atoms with Gasteiger partial charge in [-0.25, -0.2) is 0 Å². The lowest BCUT2D eigenvalue weighted by Gasteiger charge is -2.38. The summed E-state index contributed by atoms with van der Waals surface area (Å²) in [4.78, 5) is 17.2. The molecule has 1 amide bonds. The molecule has 2 aromatic carbocycles. The topological polar surface area (TPSA) is 70.6 Å². The van der Waals surface area contributed by atoms with E-state index in [0.29, 0.717) is 37.7 Å². The van der Waals surface area contributed by atoms with Gasteiger partial charge in [0.05, 0.1) is 17.3 Å². The minimum Gasteiger partial charge on any atom is -0.381 e. The van der Waals surface area contributed by atoms with Crippen LogP contribution in [-0.4, -0.2) is 60.4 Å². The van der Waals surface area contributed by atoms with Gasteiger partial charge >= 0.3 is 6.18 Å². The van der Waals surface area contributed by atoms with E-state index in [1.165, 1.54) is 13.0 Å². The summed E-state index contributed by atoms with van der Waals surface area (Å²) < 4.78 is 45.8. The molecule has 1 aromatic heterocycles. The summed E-state index contributed by atoms with van der Waals surface area (Å²) in [5.41, 5.74) is 1.91. The highest BCUT2D eigenvalue weighted by molar-refractivity contribution is 5.95. The number of rotatable bonds is 5. The summed E-state index contributed by atoms with van der Waals surface area (Å²) >= 11 is 0. The molecule has 0 bridgehead atoms. The number of amides is 1. The van der Waals surface area contributed by atoms with Gasteiger partial charge in [-0.2, -0.15) is 18.3 Å². The average molecular weight is 542 g/mol. The maximum Gasteiger partial charge on any atom is 0.416 e. The van der Waals surface area contributed by atoms with Crippen LogP contribution in [0.4, 0.5) is 24.7 Å². The predicted octanol–water partition coefficient (Wildman–Crippen LogP) is 5.51. The molecule has 3 aromatic rings. The number of ether oxygens (including phenoxy) is 1. The van der Waals surface area contributed by atoms with Crippen molar-refractivity contribution in [1.29, 1.82) is 0 Å². The SMILES string of the molecule is Cc1c([C@@H](C)Nc2nnc(C)c3ccc(N4CCN(C(=O)C5CCOCC5)CC4)cc23)cccc1C(F)(F)F. The van der Waals surface area contributed by atoms with E-state index < -0.39 is 17.8 Å². The van der Waals surface area contributed by atoms with Gasteiger partial charge in [-0.3, -0.25) is 4.79 Å². The number of halogens is 3. The van der Waals surface area contributed by atoms with Crippen molar-refractivity contribution < 1.29 is 22.7 Å². The molecule has 0 spiro atoms. The third kappa shape index (κ3) is 5.66. The monoisotopic (exact) mass is 541 g/mol. The van der Waals surface area contributed by atoms with Crippen molar-refractivity contribution in [2.45, 2.75) is 45.8 Å². The van der Waals surface area contributed by atoms with Crippen LogP contribution in [-0.2, 0) is 15.7 Å². The van der Waals surface area contributed by atoms with Crippen LogP contribution in [0, 0.1) is 19.8 Å². The van der Waals surface area contributed by atoms with Gasteiger partial charge in [0, 0.05) is 61.8 Å². The lowest BCUT2D eigenvalue weighted by molar-refractivity contribution is -0.139.